The van der Waals surface area contributed by atoms with E-state index in [1.54, 1.807) is 18.2 Å². The van der Waals surface area contributed by atoms with E-state index in [9.17, 15) is 22.8 Å². The summed E-state index contributed by atoms with van der Waals surface area (Å²) in [5, 5.41) is 2.85. The summed E-state index contributed by atoms with van der Waals surface area (Å²) >= 11 is 0. The second kappa shape index (κ2) is 29.1. The van der Waals surface area contributed by atoms with Crippen LogP contribution in [0.15, 0.2) is 48.5 Å². The standard InChI is InChI=1S/C36H52F3NO12/c1-2-6-34(41)51-27-25-49-23-21-47-19-17-45-15-13-43-11-12-44-14-16-46-18-20-48-22-24-50-26-28-52-35(42)32-9-3-4-10-33(32)40-31-8-5-7-30(29-31)36(37,38)39/h3-5,7-10,29,40H,2,6,11-28H2,1H3. The van der Waals surface area contributed by atoms with E-state index in [0.29, 0.717) is 111 Å². The van der Waals surface area contributed by atoms with Crippen molar-refractivity contribution in [2.24, 2.45) is 0 Å². The Morgan fingerprint density at radius 2 is 0.981 bits per heavy atom. The molecule has 0 aliphatic carbocycles. The van der Waals surface area contributed by atoms with Crippen molar-refractivity contribution < 1.29 is 70.1 Å². The molecule has 0 saturated carbocycles. The maximum absolute atomic E-state index is 13.0. The Kier molecular flexibility index (Phi) is 25.1. The number of carbonyl (C=O) groups is 2. The number of hydrogen-bond donors (Lipinski definition) is 1. The first kappa shape index (κ1) is 44.8. The molecule has 0 fully saturated rings. The van der Waals surface area contributed by atoms with Crippen LogP contribution in [0.3, 0.4) is 0 Å². The molecule has 0 saturated heterocycles. The Morgan fingerprint density at radius 3 is 1.42 bits per heavy atom. The minimum atomic E-state index is -4.48. The fourth-order valence-electron chi connectivity index (χ4n) is 4.10. The summed E-state index contributed by atoms with van der Waals surface area (Å²) in [6, 6.07) is 11.1. The SMILES string of the molecule is CCCC(=O)OCCOCCOCCOCCOCCOCCOCCOCCOCCOC(=O)c1ccccc1Nc1cccc(C(F)(F)F)c1. The molecule has 0 amide bonds. The van der Waals surface area contributed by atoms with Gasteiger partial charge in [0.15, 0.2) is 0 Å². The minimum absolute atomic E-state index is 0.00547. The molecule has 52 heavy (non-hydrogen) atoms. The molecule has 0 bridgehead atoms. The van der Waals surface area contributed by atoms with Crippen molar-refractivity contribution in [2.75, 3.05) is 124 Å². The molecule has 2 aromatic rings. The molecule has 2 rings (SSSR count). The van der Waals surface area contributed by atoms with E-state index in [-0.39, 0.29) is 37.0 Å². The molecule has 0 heterocycles. The number of carbonyl (C=O) groups excluding carboxylic acids is 2. The topological polar surface area (TPSA) is 138 Å². The Balaban J connectivity index is 1.32. The van der Waals surface area contributed by atoms with Crippen LogP contribution in [-0.2, 0) is 58.3 Å². The third kappa shape index (κ3) is 22.6. The number of nitrogens with one attached hydrogen (secondary N) is 1. The van der Waals surface area contributed by atoms with E-state index >= 15 is 0 Å². The van der Waals surface area contributed by atoms with Crippen LogP contribution in [0.1, 0.15) is 35.7 Å². The van der Waals surface area contributed by atoms with Gasteiger partial charge in [-0.25, -0.2) is 4.79 Å². The largest absolute Gasteiger partial charge is 0.463 e. The molecule has 0 aromatic heterocycles. The normalized spacial score (nSPS) is 11.5. The summed E-state index contributed by atoms with van der Waals surface area (Å²) in [4.78, 5) is 23.8. The molecule has 0 unspecified atom stereocenters. The lowest BCUT2D eigenvalue weighted by Crippen LogP contribution is -2.16. The zero-order valence-electron chi connectivity index (χ0n) is 29.8. The lowest BCUT2D eigenvalue weighted by Gasteiger charge is -2.13. The maximum Gasteiger partial charge on any atom is 0.416 e. The van der Waals surface area contributed by atoms with Gasteiger partial charge in [0.2, 0.25) is 0 Å². The number of anilines is 2. The average molecular weight is 748 g/mol. The van der Waals surface area contributed by atoms with Gasteiger partial charge < -0.3 is 52.7 Å². The first-order valence-electron chi connectivity index (χ1n) is 17.3. The van der Waals surface area contributed by atoms with Crippen LogP contribution < -0.4 is 5.32 Å². The summed E-state index contributed by atoms with van der Waals surface area (Å²) in [7, 11) is 0. The van der Waals surface area contributed by atoms with Gasteiger partial charge in [-0.05, 0) is 36.8 Å². The second-order valence-electron chi connectivity index (χ2n) is 10.8. The van der Waals surface area contributed by atoms with Crippen LogP contribution in [0.4, 0.5) is 24.5 Å². The van der Waals surface area contributed by atoms with Crippen molar-refractivity contribution in [1.82, 2.24) is 0 Å². The number of benzene rings is 2. The van der Waals surface area contributed by atoms with Gasteiger partial charge in [-0.3, -0.25) is 4.79 Å². The lowest BCUT2D eigenvalue weighted by molar-refractivity contribution is -0.145. The molecule has 16 heteroatoms. The van der Waals surface area contributed by atoms with E-state index in [1.807, 2.05) is 6.92 Å². The van der Waals surface area contributed by atoms with Crippen molar-refractivity contribution in [2.45, 2.75) is 25.9 Å². The number of alkyl halides is 3. The molecule has 2 aromatic carbocycles. The average Bonchev–Trinajstić information content (AvgIpc) is 3.12. The summed E-state index contributed by atoms with van der Waals surface area (Å²) in [5.74, 6) is -0.838. The molecule has 13 nitrogen and oxygen atoms in total. The van der Waals surface area contributed by atoms with Gasteiger partial charge in [0.25, 0.3) is 0 Å². The Bertz CT molecular complexity index is 1220. The fraction of sp³-hybridized carbons (Fsp3) is 0.611. The molecule has 0 aliphatic rings. The predicted octanol–water partition coefficient (Wildman–Crippen LogP) is 5.08. The summed E-state index contributed by atoms with van der Waals surface area (Å²) in [5.41, 5.74) is -0.102. The highest BCUT2D eigenvalue weighted by Crippen LogP contribution is 2.32. The summed E-state index contributed by atoms with van der Waals surface area (Å²) < 4.78 is 92.7. The van der Waals surface area contributed by atoms with Crippen LogP contribution in [0.25, 0.3) is 0 Å². The van der Waals surface area contributed by atoms with Crippen molar-refractivity contribution in [1.29, 1.82) is 0 Å². The molecule has 0 radical (unpaired) electrons. The first-order chi connectivity index (χ1) is 25.3. The molecule has 0 aliphatic heterocycles. The van der Waals surface area contributed by atoms with Crippen LogP contribution >= 0.6 is 0 Å². The zero-order chi connectivity index (χ0) is 37.5. The highest BCUT2D eigenvalue weighted by atomic mass is 19.4. The van der Waals surface area contributed by atoms with E-state index in [0.717, 1.165) is 18.6 Å². The fourth-order valence-corrected chi connectivity index (χ4v) is 4.10. The second-order valence-corrected chi connectivity index (χ2v) is 10.8. The van der Waals surface area contributed by atoms with Crippen LogP contribution in [-0.4, -0.2) is 131 Å². The number of esters is 2. The highest BCUT2D eigenvalue weighted by molar-refractivity contribution is 5.96. The van der Waals surface area contributed by atoms with Crippen LogP contribution in [0.2, 0.25) is 0 Å². The predicted molar refractivity (Wildman–Crippen MR) is 184 cm³/mol. The Hall–Kier alpha value is -3.35. The minimum Gasteiger partial charge on any atom is -0.463 e. The van der Waals surface area contributed by atoms with Crippen molar-refractivity contribution in [3.8, 4) is 0 Å². The lowest BCUT2D eigenvalue weighted by atomic mass is 10.1. The first-order valence-corrected chi connectivity index (χ1v) is 17.3. The van der Waals surface area contributed by atoms with Crippen LogP contribution in [0, 0.1) is 0 Å². The summed E-state index contributed by atoms with van der Waals surface area (Å²) in [6.45, 7) is 8.49. The molecule has 1 N–H and O–H groups in total. The van der Waals surface area contributed by atoms with Gasteiger partial charge in [0, 0.05) is 12.1 Å². The van der Waals surface area contributed by atoms with E-state index in [2.05, 4.69) is 5.32 Å². The molecule has 0 atom stereocenters. The third-order valence-corrected chi connectivity index (χ3v) is 6.63. The van der Waals surface area contributed by atoms with Crippen molar-refractivity contribution in [3.63, 3.8) is 0 Å². The van der Waals surface area contributed by atoms with Crippen LogP contribution in [0.5, 0.6) is 0 Å². The number of ether oxygens (including phenoxy) is 10. The van der Waals surface area contributed by atoms with E-state index < -0.39 is 17.7 Å². The third-order valence-electron chi connectivity index (χ3n) is 6.63. The van der Waals surface area contributed by atoms with Gasteiger partial charge in [0.1, 0.15) is 13.2 Å². The Labute approximate surface area is 303 Å². The van der Waals surface area contributed by atoms with Gasteiger partial charge >= 0.3 is 18.1 Å². The summed E-state index contributed by atoms with van der Waals surface area (Å²) in [6.07, 6.45) is -3.29. The van der Waals surface area contributed by atoms with Gasteiger partial charge in [-0.1, -0.05) is 25.1 Å². The molecular formula is C36H52F3NO12. The van der Waals surface area contributed by atoms with Gasteiger partial charge in [-0.2, -0.15) is 13.2 Å². The van der Waals surface area contributed by atoms with Crippen molar-refractivity contribution >= 4 is 23.3 Å². The smallest absolute Gasteiger partial charge is 0.416 e. The molecule has 0 spiro atoms. The highest BCUT2D eigenvalue weighted by Gasteiger charge is 2.30. The number of halogens is 3. The Morgan fingerprint density at radius 1 is 0.558 bits per heavy atom. The van der Waals surface area contributed by atoms with Crippen molar-refractivity contribution in [3.05, 3.63) is 59.7 Å². The molecule has 294 valence electrons. The maximum atomic E-state index is 13.0. The van der Waals surface area contributed by atoms with E-state index in [1.165, 1.54) is 18.2 Å². The molecular weight excluding hydrogens is 695 g/mol. The number of hydrogen-bond acceptors (Lipinski definition) is 13. The number of para-hydroxylation sites is 1. The van der Waals surface area contributed by atoms with Gasteiger partial charge in [0.05, 0.1) is 123 Å². The number of rotatable bonds is 32. The zero-order valence-corrected chi connectivity index (χ0v) is 29.8. The van der Waals surface area contributed by atoms with E-state index in [4.69, 9.17) is 47.4 Å². The van der Waals surface area contributed by atoms with Gasteiger partial charge in [-0.15, -0.1) is 0 Å². The monoisotopic (exact) mass is 747 g/mol. The quantitative estimate of drug-likeness (QED) is 0.0787.